The molecule has 0 unspecified atom stereocenters. The normalized spacial score (nSPS) is 15.5. The molecule has 0 aliphatic carbocycles. The summed E-state index contributed by atoms with van der Waals surface area (Å²) in [5.41, 5.74) is 0.825. The molecular formula is C14H18N2O3. The van der Waals surface area contributed by atoms with Crippen molar-refractivity contribution in [1.29, 1.82) is 0 Å². The first-order chi connectivity index (χ1) is 8.92. The highest BCUT2D eigenvalue weighted by atomic mass is 16.4. The Bertz CT molecular complexity index is 511. The molecule has 5 nitrogen and oxygen atoms in total. The third-order valence-electron chi connectivity index (χ3n) is 3.35. The van der Waals surface area contributed by atoms with Gasteiger partial charge in [0.2, 0.25) is 0 Å². The highest BCUT2D eigenvalue weighted by Crippen LogP contribution is 2.29. The number of benzene rings is 1. The summed E-state index contributed by atoms with van der Waals surface area (Å²) in [5, 5.41) is 12.0. The van der Waals surface area contributed by atoms with E-state index in [1.165, 1.54) is 0 Å². The van der Waals surface area contributed by atoms with Crippen LogP contribution in [0.1, 0.15) is 19.4 Å². The molecule has 1 saturated heterocycles. The number of carbonyl (C=O) groups excluding carboxylic acids is 1. The van der Waals surface area contributed by atoms with Crippen molar-refractivity contribution in [2.24, 2.45) is 5.41 Å². The van der Waals surface area contributed by atoms with Gasteiger partial charge in [-0.1, -0.05) is 18.2 Å². The molecule has 0 atom stereocenters. The van der Waals surface area contributed by atoms with E-state index < -0.39 is 11.4 Å². The molecule has 19 heavy (non-hydrogen) atoms. The van der Waals surface area contributed by atoms with Crippen molar-refractivity contribution in [2.75, 3.05) is 18.0 Å². The minimum absolute atomic E-state index is 0.124. The van der Waals surface area contributed by atoms with E-state index in [1.807, 2.05) is 24.3 Å². The van der Waals surface area contributed by atoms with E-state index in [0.29, 0.717) is 19.5 Å². The highest BCUT2D eigenvalue weighted by molar-refractivity contribution is 5.94. The SMILES string of the molecule is CC(C)(Cc1ccccc1N1CCNC1=O)C(=O)O. The van der Waals surface area contributed by atoms with Crippen molar-refractivity contribution < 1.29 is 14.7 Å². The number of urea groups is 1. The molecule has 102 valence electrons. The van der Waals surface area contributed by atoms with Crippen molar-refractivity contribution in [1.82, 2.24) is 5.32 Å². The quantitative estimate of drug-likeness (QED) is 0.870. The largest absolute Gasteiger partial charge is 0.481 e. The van der Waals surface area contributed by atoms with Gasteiger partial charge in [0.25, 0.3) is 0 Å². The van der Waals surface area contributed by atoms with E-state index in [1.54, 1.807) is 18.7 Å². The summed E-state index contributed by atoms with van der Waals surface area (Å²) >= 11 is 0. The molecule has 2 amide bonds. The maximum absolute atomic E-state index is 11.7. The standard InChI is InChI=1S/C14H18N2O3/c1-14(2,12(17)18)9-10-5-3-4-6-11(10)16-8-7-15-13(16)19/h3-6H,7-9H2,1-2H3,(H,15,19)(H,17,18). The molecule has 1 aromatic carbocycles. The maximum atomic E-state index is 11.7. The number of carbonyl (C=O) groups is 2. The minimum Gasteiger partial charge on any atom is -0.481 e. The number of rotatable bonds is 4. The second-order valence-electron chi connectivity index (χ2n) is 5.38. The summed E-state index contributed by atoms with van der Waals surface area (Å²) in [7, 11) is 0. The Morgan fingerprint density at radius 1 is 1.42 bits per heavy atom. The maximum Gasteiger partial charge on any atom is 0.322 e. The fraction of sp³-hybridized carbons (Fsp3) is 0.429. The number of carboxylic acids is 1. The lowest BCUT2D eigenvalue weighted by Gasteiger charge is -2.24. The highest BCUT2D eigenvalue weighted by Gasteiger charge is 2.30. The number of nitrogens with one attached hydrogen (secondary N) is 1. The topological polar surface area (TPSA) is 69.6 Å². The van der Waals surface area contributed by atoms with Crippen LogP contribution in [0.25, 0.3) is 0 Å². The van der Waals surface area contributed by atoms with Crippen LogP contribution in [0.3, 0.4) is 0 Å². The predicted molar refractivity (Wildman–Crippen MR) is 72.3 cm³/mol. The number of nitrogens with zero attached hydrogens (tertiary/aromatic N) is 1. The van der Waals surface area contributed by atoms with Gasteiger partial charge < -0.3 is 10.4 Å². The Labute approximate surface area is 112 Å². The van der Waals surface area contributed by atoms with Crippen molar-refractivity contribution in [3.8, 4) is 0 Å². The zero-order valence-electron chi connectivity index (χ0n) is 11.1. The Kier molecular flexibility index (Phi) is 3.46. The number of anilines is 1. The average Bonchev–Trinajstić information content (AvgIpc) is 2.75. The van der Waals surface area contributed by atoms with Gasteiger partial charge >= 0.3 is 12.0 Å². The van der Waals surface area contributed by atoms with Crippen molar-refractivity contribution >= 4 is 17.7 Å². The van der Waals surface area contributed by atoms with Crippen LogP contribution in [0.2, 0.25) is 0 Å². The van der Waals surface area contributed by atoms with Gasteiger partial charge in [-0.3, -0.25) is 9.69 Å². The second-order valence-corrected chi connectivity index (χ2v) is 5.38. The summed E-state index contributed by atoms with van der Waals surface area (Å²) in [5.74, 6) is -0.840. The molecule has 1 aliphatic heterocycles. The molecular weight excluding hydrogens is 244 g/mol. The first-order valence-electron chi connectivity index (χ1n) is 6.28. The van der Waals surface area contributed by atoms with E-state index in [-0.39, 0.29) is 6.03 Å². The lowest BCUT2D eigenvalue weighted by molar-refractivity contribution is -0.146. The van der Waals surface area contributed by atoms with Crippen LogP contribution in [0, 0.1) is 5.41 Å². The lowest BCUT2D eigenvalue weighted by Crippen LogP contribution is -2.31. The fourth-order valence-electron chi connectivity index (χ4n) is 2.18. The molecule has 1 fully saturated rings. The minimum atomic E-state index is -0.855. The molecule has 0 spiro atoms. The van der Waals surface area contributed by atoms with Gasteiger partial charge in [-0.2, -0.15) is 0 Å². The Morgan fingerprint density at radius 3 is 2.68 bits per heavy atom. The third kappa shape index (κ3) is 2.70. The summed E-state index contributed by atoms with van der Waals surface area (Å²) in [4.78, 5) is 24.6. The monoisotopic (exact) mass is 262 g/mol. The summed E-state index contributed by atoms with van der Waals surface area (Å²) in [6.45, 7) is 4.62. The van der Waals surface area contributed by atoms with Gasteiger partial charge in [0.05, 0.1) is 5.41 Å². The Hall–Kier alpha value is -2.04. The Balaban J connectivity index is 2.31. The molecule has 2 rings (SSSR count). The van der Waals surface area contributed by atoms with Gasteiger partial charge in [-0.15, -0.1) is 0 Å². The van der Waals surface area contributed by atoms with Crippen LogP contribution in [-0.2, 0) is 11.2 Å². The van der Waals surface area contributed by atoms with E-state index in [4.69, 9.17) is 0 Å². The van der Waals surface area contributed by atoms with Crippen LogP contribution in [-0.4, -0.2) is 30.2 Å². The van der Waals surface area contributed by atoms with Crippen molar-refractivity contribution in [3.63, 3.8) is 0 Å². The zero-order valence-corrected chi connectivity index (χ0v) is 11.1. The second kappa shape index (κ2) is 4.91. The first kappa shape index (κ1) is 13.4. The van der Waals surface area contributed by atoms with Gasteiger partial charge in [0.1, 0.15) is 0 Å². The third-order valence-corrected chi connectivity index (χ3v) is 3.35. The van der Waals surface area contributed by atoms with Gasteiger partial charge in [-0.05, 0) is 31.9 Å². The molecule has 0 bridgehead atoms. The van der Waals surface area contributed by atoms with E-state index >= 15 is 0 Å². The number of amides is 2. The summed E-state index contributed by atoms with van der Waals surface area (Å²) in [6, 6.07) is 7.34. The number of para-hydroxylation sites is 1. The van der Waals surface area contributed by atoms with Crippen LogP contribution in [0.4, 0.5) is 10.5 Å². The van der Waals surface area contributed by atoms with Gasteiger partial charge in [0.15, 0.2) is 0 Å². The first-order valence-corrected chi connectivity index (χ1v) is 6.28. The van der Waals surface area contributed by atoms with Crippen LogP contribution < -0.4 is 10.2 Å². The molecule has 0 aromatic heterocycles. The molecule has 0 radical (unpaired) electrons. The van der Waals surface area contributed by atoms with E-state index in [0.717, 1.165) is 11.3 Å². The van der Waals surface area contributed by atoms with Crippen molar-refractivity contribution in [3.05, 3.63) is 29.8 Å². The number of carboxylic acid groups (broad SMARTS) is 1. The van der Waals surface area contributed by atoms with Crippen LogP contribution >= 0.6 is 0 Å². The van der Waals surface area contributed by atoms with Gasteiger partial charge in [0, 0.05) is 18.8 Å². The van der Waals surface area contributed by atoms with Crippen LogP contribution in [0.5, 0.6) is 0 Å². The van der Waals surface area contributed by atoms with E-state index in [9.17, 15) is 14.7 Å². The number of hydrogen-bond acceptors (Lipinski definition) is 2. The number of hydrogen-bond donors (Lipinski definition) is 2. The summed E-state index contributed by atoms with van der Waals surface area (Å²) in [6.07, 6.45) is 0.391. The van der Waals surface area contributed by atoms with Gasteiger partial charge in [-0.25, -0.2) is 4.79 Å². The zero-order chi connectivity index (χ0) is 14.0. The molecule has 2 N–H and O–H groups in total. The number of aliphatic carboxylic acids is 1. The van der Waals surface area contributed by atoms with Crippen LogP contribution in [0.15, 0.2) is 24.3 Å². The van der Waals surface area contributed by atoms with E-state index in [2.05, 4.69) is 5.32 Å². The van der Waals surface area contributed by atoms with Crippen molar-refractivity contribution in [2.45, 2.75) is 20.3 Å². The Morgan fingerprint density at radius 2 is 2.11 bits per heavy atom. The molecule has 1 heterocycles. The molecule has 5 heteroatoms. The molecule has 1 aliphatic rings. The molecule has 1 aromatic rings. The fourth-order valence-corrected chi connectivity index (χ4v) is 2.18. The average molecular weight is 262 g/mol. The predicted octanol–water partition coefficient (Wildman–Crippen LogP) is 1.87. The summed E-state index contributed by atoms with van der Waals surface area (Å²) < 4.78 is 0. The molecule has 0 saturated carbocycles. The smallest absolute Gasteiger partial charge is 0.322 e. The lowest BCUT2D eigenvalue weighted by atomic mass is 9.85.